The molecule has 1 aliphatic rings. The zero-order chi connectivity index (χ0) is 36.3. The first-order valence-corrected chi connectivity index (χ1v) is 16.7. The molecule has 12 nitrogen and oxygen atoms in total. The number of hydrogen-bond donors (Lipinski definition) is 2. The van der Waals surface area contributed by atoms with Crippen molar-refractivity contribution >= 4 is 34.7 Å². The molecule has 1 atom stereocenters. The molecule has 2 N–H and O–H groups in total. The van der Waals surface area contributed by atoms with Crippen LogP contribution in [0.5, 0.6) is 11.5 Å². The summed E-state index contributed by atoms with van der Waals surface area (Å²) in [6, 6.07) is 26.9. The van der Waals surface area contributed by atoms with Crippen LogP contribution in [0.3, 0.4) is 0 Å². The molecule has 1 heterocycles. The summed E-state index contributed by atoms with van der Waals surface area (Å²) in [4.78, 5) is 56.7. The van der Waals surface area contributed by atoms with Crippen LogP contribution in [0.4, 0.5) is 9.59 Å². The molecule has 0 saturated carbocycles. The van der Waals surface area contributed by atoms with E-state index in [1.54, 1.807) is 61.5 Å². The van der Waals surface area contributed by atoms with Crippen LogP contribution < -0.4 is 20.1 Å². The molecular weight excluding hydrogens is 648 g/mol. The summed E-state index contributed by atoms with van der Waals surface area (Å²) in [5.41, 5.74) is 2.61. The molecule has 0 radical (unpaired) electrons. The average molecular weight is 693 g/mol. The number of methoxy groups -OCH3 is 1. The first kappa shape index (κ1) is 36.4. The average Bonchev–Trinajstić information content (AvgIpc) is 3.19. The number of nitrogens with zero attached hydrogens (tertiary/aromatic N) is 4. The molecule has 51 heavy (non-hydrogen) atoms. The quantitative estimate of drug-likeness (QED) is 0.221. The van der Waals surface area contributed by atoms with Crippen LogP contribution in [0.2, 0.25) is 0 Å². The van der Waals surface area contributed by atoms with Gasteiger partial charge in [-0.05, 0) is 51.7 Å². The van der Waals surface area contributed by atoms with Crippen molar-refractivity contribution in [3.8, 4) is 11.5 Å². The fraction of sp³-hybridized carbons (Fsp3) is 0.282. The predicted octanol–water partition coefficient (Wildman–Crippen LogP) is 4.59. The molecule has 4 aromatic carbocycles. The van der Waals surface area contributed by atoms with Crippen molar-refractivity contribution in [2.24, 2.45) is 0 Å². The van der Waals surface area contributed by atoms with E-state index < -0.39 is 24.1 Å². The minimum atomic E-state index is -0.889. The number of nitrogens with one attached hydrogen (secondary N) is 2. The minimum Gasteiger partial charge on any atom is -0.497 e. The molecule has 0 spiro atoms. The SMILES string of the molecule is C=CCN(C(=O)NCc1ccc(OC)cc1)N1CCN(Cc2cccc3ccccc23)C(=O)[C@H](Cc2ccc(OC(=O)N(C)C)cc2)NC(=O)C1. The van der Waals surface area contributed by atoms with Gasteiger partial charge in [-0.25, -0.2) is 14.6 Å². The molecule has 0 bridgehead atoms. The molecule has 266 valence electrons. The number of rotatable bonds is 11. The van der Waals surface area contributed by atoms with E-state index >= 15 is 0 Å². The van der Waals surface area contributed by atoms with Gasteiger partial charge in [-0.3, -0.25) is 14.6 Å². The topological polar surface area (TPSA) is 124 Å². The molecule has 1 saturated heterocycles. The third-order valence-electron chi connectivity index (χ3n) is 8.55. The highest BCUT2D eigenvalue weighted by atomic mass is 16.6. The van der Waals surface area contributed by atoms with Crippen molar-refractivity contribution in [3.05, 3.63) is 120 Å². The standard InChI is InChI=1S/C39H44N6O6/c1-5-21-45(38(48)40-25-29-15-17-32(50-4)18-16-29)44-23-22-43(26-31-11-8-10-30-9-6-7-12-34(30)31)37(47)35(41-36(46)27-44)24-28-13-19-33(20-14-28)51-39(49)42(2)3/h5-20,35H,1,21-27H2,2-4H3,(H,40,48)(H,41,46)/t35-/m0/s1. The van der Waals surface area contributed by atoms with Crippen molar-refractivity contribution in [2.75, 3.05) is 47.4 Å². The highest BCUT2D eigenvalue weighted by molar-refractivity contribution is 5.90. The van der Waals surface area contributed by atoms with Gasteiger partial charge in [0.1, 0.15) is 17.5 Å². The third kappa shape index (κ3) is 9.64. The van der Waals surface area contributed by atoms with E-state index in [1.165, 1.54) is 9.91 Å². The second-order valence-corrected chi connectivity index (χ2v) is 12.4. The Morgan fingerprint density at radius 1 is 0.922 bits per heavy atom. The molecule has 12 heteroatoms. The maximum atomic E-state index is 14.4. The molecule has 4 aromatic rings. The maximum absolute atomic E-state index is 14.4. The lowest BCUT2D eigenvalue weighted by Crippen LogP contribution is -2.54. The summed E-state index contributed by atoms with van der Waals surface area (Å²) in [7, 11) is 4.78. The van der Waals surface area contributed by atoms with E-state index in [1.807, 2.05) is 66.7 Å². The summed E-state index contributed by atoms with van der Waals surface area (Å²) in [5.74, 6) is 0.418. The monoisotopic (exact) mass is 692 g/mol. The highest BCUT2D eigenvalue weighted by Crippen LogP contribution is 2.22. The zero-order valence-corrected chi connectivity index (χ0v) is 29.2. The number of benzene rings is 4. The van der Waals surface area contributed by atoms with Crippen molar-refractivity contribution in [3.63, 3.8) is 0 Å². The minimum absolute atomic E-state index is 0.146. The van der Waals surface area contributed by atoms with Crippen molar-refractivity contribution in [2.45, 2.75) is 25.6 Å². The Kier molecular flexibility index (Phi) is 12.3. The first-order chi connectivity index (χ1) is 24.6. The lowest BCUT2D eigenvalue weighted by atomic mass is 10.0. The third-order valence-corrected chi connectivity index (χ3v) is 8.55. The Morgan fingerprint density at radius 3 is 2.31 bits per heavy atom. The van der Waals surface area contributed by atoms with E-state index in [9.17, 15) is 19.2 Å². The number of carbonyl (C=O) groups excluding carboxylic acids is 4. The Bertz CT molecular complexity index is 1840. The Labute approximate surface area is 298 Å². The molecule has 0 aromatic heterocycles. The normalized spacial score (nSPS) is 15.2. The smallest absolute Gasteiger partial charge is 0.414 e. The van der Waals surface area contributed by atoms with Gasteiger partial charge in [0, 0.05) is 46.7 Å². The zero-order valence-electron chi connectivity index (χ0n) is 29.2. The summed E-state index contributed by atoms with van der Waals surface area (Å²) in [6.07, 6.45) is 1.30. The van der Waals surface area contributed by atoms with Crippen molar-refractivity contribution in [1.29, 1.82) is 0 Å². The Morgan fingerprint density at radius 2 is 1.61 bits per heavy atom. The van der Waals surface area contributed by atoms with Crippen LogP contribution in [0.1, 0.15) is 16.7 Å². The van der Waals surface area contributed by atoms with Crippen LogP contribution >= 0.6 is 0 Å². The van der Waals surface area contributed by atoms with Gasteiger partial charge in [-0.2, -0.15) is 0 Å². The number of amides is 5. The summed E-state index contributed by atoms with van der Waals surface area (Å²) >= 11 is 0. The number of hydrogen-bond acceptors (Lipinski definition) is 7. The van der Waals surface area contributed by atoms with Crippen LogP contribution in [0.25, 0.3) is 10.8 Å². The van der Waals surface area contributed by atoms with Gasteiger partial charge in [-0.1, -0.05) is 72.8 Å². The molecule has 0 aliphatic carbocycles. The molecule has 0 unspecified atom stereocenters. The molecule has 1 aliphatic heterocycles. The van der Waals surface area contributed by atoms with Gasteiger partial charge >= 0.3 is 12.1 Å². The van der Waals surface area contributed by atoms with Gasteiger partial charge in [0.2, 0.25) is 11.8 Å². The summed E-state index contributed by atoms with van der Waals surface area (Å²) in [5, 5.41) is 11.1. The fourth-order valence-corrected chi connectivity index (χ4v) is 5.83. The lowest BCUT2D eigenvalue weighted by molar-refractivity contribution is -0.136. The molecule has 5 rings (SSSR count). The largest absolute Gasteiger partial charge is 0.497 e. The van der Waals surface area contributed by atoms with E-state index in [4.69, 9.17) is 9.47 Å². The second-order valence-electron chi connectivity index (χ2n) is 12.4. The number of ether oxygens (including phenoxy) is 2. The highest BCUT2D eigenvalue weighted by Gasteiger charge is 2.32. The van der Waals surface area contributed by atoms with Crippen LogP contribution in [-0.2, 0) is 29.1 Å². The van der Waals surface area contributed by atoms with Gasteiger partial charge in [0.15, 0.2) is 0 Å². The van der Waals surface area contributed by atoms with Crippen LogP contribution in [0, 0.1) is 0 Å². The number of urea groups is 1. The van der Waals surface area contributed by atoms with E-state index in [0.717, 1.165) is 27.5 Å². The van der Waals surface area contributed by atoms with Crippen LogP contribution in [-0.4, -0.2) is 97.2 Å². The van der Waals surface area contributed by atoms with Crippen molar-refractivity contribution < 1.29 is 28.7 Å². The van der Waals surface area contributed by atoms with Gasteiger partial charge < -0.3 is 29.9 Å². The van der Waals surface area contributed by atoms with E-state index in [0.29, 0.717) is 18.0 Å². The fourth-order valence-electron chi connectivity index (χ4n) is 5.83. The lowest BCUT2D eigenvalue weighted by Gasteiger charge is -2.34. The molecule has 5 amide bonds. The number of carbonyl (C=O) groups is 4. The van der Waals surface area contributed by atoms with Gasteiger partial charge in [0.25, 0.3) is 0 Å². The second kappa shape index (κ2) is 17.2. The molecular formula is C39H44N6O6. The van der Waals surface area contributed by atoms with Crippen molar-refractivity contribution in [1.82, 2.24) is 30.5 Å². The first-order valence-electron chi connectivity index (χ1n) is 16.7. The summed E-state index contributed by atoms with van der Waals surface area (Å²) in [6.45, 7) is 4.84. The predicted molar refractivity (Wildman–Crippen MR) is 195 cm³/mol. The van der Waals surface area contributed by atoms with Gasteiger partial charge in [0.05, 0.1) is 20.2 Å². The van der Waals surface area contributed by atoms with E-state index in [-0.39, 0.29) is 45.1 Å². The number of hydrazine groups is 1. The van der Waals surface area contributed by atoms with E-state index in [2.05, 4.69) is 17.2 Å². The Hall–Kier alpha value is -5.88. The molecule has 1 fully saturated rings. The number of fused-ring (bicyclic) bond motifs is 1. The van der Waals surface area contributed by atoms with Gasteiger partial charge in [-0.15, -0.1) is 6.58 Å². The summed E-state index contributed by atoms with van der Waals surface area (Å²) < 4.78 is 10.6. The maximum Gasteiger partial charge on any atom is 0.414 e. The van der Waals surface area contributed by atoms with Crippen LogP contribution in [0.15, 0.2) is 104 Å². The Balaban J connectivity index is 1.39.